The zero-order valence-corrected chi connectivity index (χ0v) is 11.6. The van der Waals surface area contributed by atoms with Crippen LogP contribution in [0.15, 0.2) is 0 Å². The van der Waals surface area contributed by atoms with Gasteiger partial charge in [-0.05, 0) is 19.3 Å². The zero-order chi connectivity index (χ0) is 12.7. The highest BCUT2D eigenvalue weighted by Gasteiger charge is 2.26. The summed E-state index contributed by atoms with van der Waals surface area (Å²) in [5, 5.41) is 0. The first-order valence-electron chi connectivity index (χ1n) is 6.05. The number of carbonyl (C=O) groups excluding carboxylic acids is 1. The quantitative estimate of drug-likeness (QED) is 0.699. The molecule has 1 unspecified atom stereocenters. The van der Waals surface area contributed by atoms with Crippen LogP contribution < -0.4 is 5.73 Å². The fraction of sp³-hybridized carbons (Fsp3) is 0.833. The molecule has 94 valence electrons. The largest absolute Gasteiger partial charge is 0.393 e. The molecule has 0 radical (unpaired) electrons. The summed E-state index contributed by atoms with van der Waals surface area (Å²) < 4.78 is 0. The van der Waals surface area contributed by atoms with Crippen LogP contribution >= 0.6 is 12.2 Å². The minimum Gasteiger partial charge on any atom is -0.393 e. The number of rotatable bonds is 7. The van der Waals surface area contributed by atoms with Gasteiger partial charge in [-0.1, -0.05) is 39.4 Å². The lowest BCUT2D eigenvalue weighted by Gasteiger charge is -2.29. The Morgan fingerprint density at radius 2 is 1.81 bits per heavy atom. The third kappa shape index (κ3) is 4.08. The fourth-order valence-corrected chi connectivity index (χ4v) is 2.16. The van der Waals surface area contributed by atoms with Gasteiger partial charge in [0, 0.05) is 13.1 Å². The molecule has 16 heavy (non-hydrogen) atoms. The molecule has 0 heterocycles. The van der Waals surface area contributed by atoms with Crippen molar-refractivity contribution in [2.75, 3.05) is 7.05 Å². The molecule has 1 amide bonds. The minimum absolute atomic E-state index is 0.0723. The standard InChI is InChI=1S/C12H24N2OS/c1-5-8-10(11(13)16)12(15)14(4)9(6-2)7-3/h9-10H,5-8H2,1-4H3,(H2,13,16). The predicted molar refractivity (Wildman–Crippen MR) is 72.3 cm³/mol. The maximum Gasteiger partial charge on any atom is 0.232 e. The molecule has 0 bridgehead atoms. The van der Waals surface area contributed by atoms with Crippen molar-refractivity contribution < 1.29 is 4.79 Å². The van der Waals surface area contributed by atoms with Gasteiger partial charge in [0.15, 0.2) is 0 Å². The van der Waals surface area contributed by atoms with Gasteiger partial charge in [0.25, 0.3) is 0 Å². The topological polar surface area (TPSA) is 46.3 Å². The van der Waals surface area contributed by atoms with Gasteiger partial charge >= 0.3 is 0 Å². The summed E-state index contributed by atoms with van der Waals surface area (Å²) in [5.74, 6) is -0.214. The van der Waals surface area contributed by atoms with Gasteiger partial charge in [-0.15, -0.1) is 0 Å². The highest BCUT2D eigenvalue weighted by atomic mass is 32.1. The Labute approximate surface area is 104 Å². The van der Waals surface area contributed by atoms with Crippen LogP contribution in [-0.4, -0.2) is 28.9 Å². The van der Waals surface area contributed by atoms with Crippen molar-refractivity contribution in [2.24, 2.45) is 11.7 Å². The molecule has 4 heteroatoms. The van der Waals surface area contributed by atoms with Crippen LogP contribution in [0.3, 0.4) is 0 Å². The van der Waals surface area contributed by atoms with Crippen LogP contribution in [0.4, 0.5) is 0 Å². The molecule has 0 aromatic heterocycles. The second kappa shape index (κ2) is 7.60. The monoisotopic (exact) mass is 244 g/mol. The van der Waals surface area contributed by atoms with Crippen molar-refractivity contribution in [3.05, 3.63) is 0 Å². The summed E-state index contributed by atoms with van der Waals surface area (Å²) >= 11 is 4.97. The Hall–Kier alpha value is -0.640. The molecule has 0 aliphatic heterocycles. The van der Waals surface area contributed by atoms with Gasteiger partial charge in [0.05, 0.1) is 10.9 Å². The first kappa shape index (κ1) is 15.4. The maximum absolute atomic E-state index is 12.2. The Bertz CT molecular complexity index is 239. The highest BCUT2D eigenvalue weighted by molar-refractivity contribution is 7.80. The van der Waals surface area contributed by atoms with Crippen LogP contribution in [0.2, 0.25) is 0 Å². The molecule has 0 aliphatic rings. The Kier molecular flexibility index (Phi) is 7.30. The lowest BCUT2D eigenvalue weighted by atomic mass is 10.0. The van der Waals surface area contributed by atoms with Crippen molar-refractivity contribution in [1.29, 1.82) is 0 Å². The van der Waals surface area contributed by atoms with Crippen LogP contribution in [0.25, 0.3) is 0 Å². The molecule has 0 saturated heterocycles. The maximum atomic E-state index is 12.2. The van der Waals surface area contributed by atoms with Crippen molar-refractivity contribution in [1.82, 2.24) is 4.90 Å². The third-order valence-electron chi connectivity index (χ3n) is 3.06. The first-order chi connectivity index (χ1) is 7.49. The van der Waals surface area contributed by atoms with Crippen LogP contribution in [-0.2, 0) is 4.79 Å². The summed E-state index contributed by atoms with van der Waals surface area (Å²) in [6, 6.07) is 0.293. The second-order valence-corrected chi connectivity index (χ2v) is 4.63. The van der Waals surface area contributed by atoms with Gasteiger partial charge in [-0.3, -0.25) is 4.79 Å². The van der Waals surface area contributed by atoms with E-state index in [-0.39, 0.29) is 11.8 Å². The zero-order valence-electron chi connectivity index (χ0n) is 10.8. The number of hydrogen-bond acceptors (Lipinski definition) is 2. The lowest BCUT2D eigenvalue weighted by Crippen LogP contribution is -2.43. The molecule has 0 aliphatic carbocycles. The van der Waals surface area contributed by atoms with E-state index in [4.69, 9.17) is 18.0 Å². The predicted octanol–water partition coefficient (Wildman–Crippen LogP) is 2.34. The number of thiocarbonyl (C=S) groups is 1. The SMILES string of the molecule is CCCC(C(=O)N(C)C(CC)CC)C(N)=S. The van der Waals surface area contributed by atoms with Gasteiger partial charge in [0.2, 0.25) is 5.91 Å². The van der Waals surface area contributed by atoms with Gasteiger partial charge in [0.1, 0.15) is 0 Å². The van der Waals surface area contributed by atoms with Gasteiger partial charge in [-0.2, -0.15) is 0 Å². The smallest absolute Gasteiger partial charge is 0.232 e. The number of carbonyl (C=O) groups is 1. The minimum atomic E-state index is -0.286. The third-order valence-corrected chi connectivity index (χ3v) is 3.34. The summed E-state index contributed by atoms with van der Waals surface area (Å²) in [7, 11) is 1.85. The van der Waals surface area contributed by atoms with Crippen molar-refractivity contribution in [3.63, 3.8) is 0 Å². The molecular weight excluding hydrogens is 220 g/mol. The summed E-state index contributed by atoms with van der Waals surface area (Å²) in [6.45, 7) is 6.22. The Morgan fingerprint density at radius 3 is 2.12 bits per heavy atom. The van der Waals surface area contributed by atoms with E-state index in [0.717, 1.165) is 25.7 Å². The molecule has 0 saturated carbocycles. The molecule has 0 aromatic carbocycles. The molecule has 0 fully saturated rings. The van der Waals surface area contributed by atoms with Crippen molar-refractivity contribution in [2.45, 2.75) is 52.5 Å². The van der Waals surface area contributed by atoms with Gasteiger partial charge < -0.3 is 10.6 Å². The average molecular weight is 244 g/mol. The number of amides is 1. The molecular formula is C12H24N2OS. The summed E-state index contributed by atoms with van der Waals surface area (Å²) in [4.78, 5) is 14.3. The summed E-state index contributed by atoms with van der Waals surface area (Å²) in [6.07, 6.45) is 3.60. The molecule has 3 nitrogen and oxygen atoms in total. The Balaban J connectivity index is 4.65. The van der Waals surface area contributed by atoms with Crippen LogP contribution in [0.5, 0.6) is 0 Å². The van der Waals surface area contributed by atoms with E-state index < -0.39 is 0 Å². The van der Waals surface area contributed by atoms with Crippen molar-refractivity contribution >= 4 is 23.1 Å². The van der Waals surface area contributed by atoms with E-state index in [0.29, 0.717) is 11.0 Å². The lowest BCUT2D eigenvalue weighted by molar-refractivity contribution is -0.134. The van der Waals surface area contributed by atoms with Crippen molar-refractivity contribution in [3.8, 4) is 0 Å². The molecule has 0 aromatic rings. The molecule has 1 atom stereocenters. The van der Waals surface area contributed by atoms with E-state index in [1.807, 2.05) is 14.0 Å². The van der Waals surface area contributed by atoms with E-state index in [1.165, 1.54) is 0 Å². The average Bonchev–Trinajstić information content (AvgIpc) is 2.26. The van der Waals surface area contributed by atoms with E-state index in [2.05, 4.69) is 13.8 Å². The number of nitrogens with two attached hydrogens (primary N) is 1. The molecule has 0 rings (SSSR count). The van der Waals surface area contributed by atoms with Crippen LogP contribution in [0, 0.1) is 5.92 Å². The molecule has 2 N–H and O–H groups in total. The first-order valence-corrected chi connectivity index (χ1v) is 6.46. The fourth-order valence-electron chi connectivity index (χ4n) is 1.94. The second-order valence-electron chi connectivity index (χ2n) is 4.16. The van der Waals surface area contributed by atoms with Gasteiger partial charge in [-0.25, -0.2) is 0 Å². The molecule has 0 spiro atoms. The number of nitrogens with zero attached hydrogens (tertiary/aromatic N) is 1. The number of hydrogen-bond donors (Lipinski definition) is 1. The van der Waals surface area contributed by atoms with E-state index >= 15 is 0 Å². The summed E-state index contributed by atoms with van der Waals surface area (Å²) in [5.41, 5.74) is 5.63. The highest BCUT2D eigenvalue weighted by Crippen LogP contribution is 2.15. The van der Waals surface area contributed by atoms with Crippen LogP contribution in [0.1, 0.15) is 46.5 Å². The normalized spacial score (nSPS) is 12.6. The Morgan fingerprint density at radius 1 is 1.31 bits per heavy atom. The van der Waals surface area contributed by atoms with E-state index in [1.54, 1.807) is 4.90 Å². The van der Waals surface area contributed by atoms with E-state index in [9.17, 15) is 4.79 Å².